The summed E-state index contributed by atoms with van der Waals surface area (Å²) < 4.78 is 0. The molecule has 20 heavy (non-hydrogen) atoms. The summed E-state index contributed by atoms with van der Waals surface area (Å²) >= 11 is 6.04. The van der Waals surface area contributed by atoms with Crippen molar-refractivity contribution in [3.05, 3.63) is 0 Å². The van der Waals surface area contributed by atoms with Crippen LogP contribution in [0.5, 0.6) is 0 Å². The quantitative estimate of drug-likeness (QED) is 0.363. The number of amides is 1. The van der Waals surface area contributed by atoms with Gasteiger partial charge in [0.05, 0.1) is 0 Å². The smallest absolute Gasteiger partial charge is 0.220 e. The third-order valence-electron chi connectivity index (χ3n) is 4.45. The van der Waals surface area contributed by atoms with E-state index in [1.807, 2.05) is 0 Å². The molecule has 0 saturated heterocycles. The van der Waals surface area contributed by atoms with E-state index in [4.69, 9.17) is 11.6 Å². The maximum atomic E-state index is 11.8. The summed E-state index contributed by atoms with van der Waals surface area (Å²) in [6.45, 7) is 7.25. The maximum absolute atomic E-state index is 11.8. The van der Waals surface area contributed by atoms with Gasteiger partial charge in [-0.25, -0.2) is 0 Å². The number of rotatable bonds is 13. The van der Waals surface area contributed by atoms with Gasteiger partial charge in [-0.1, -0.05) is 59.3 Å². The molecule has 0 spiro atoms. The fraction of sp³-hybridized carbons (Fsp3) is 0.941. The van der Waals surface area contributed by atoms with Crippen LogP contribution in [0.15, 0.2) is 0 Å². The summed E-state index contributed by atoms with van der Waals surface area (Å²) in [6, 6.07) is 0. The Kier molecular flexibility index (Phi) is 12.3. The van der Waals surface area contributed by atoms with E-state index in [0.29, 0.717) is 12.3 Å². The summed E-state index contributed by atoms with van der Waals surface area (Å²) in [5, 5.41) is 3.06. The molecule has 0 aromatic carbocycles. The molecule has 0 unspecified atom stereocenters. The standard InChI is InChI=1S/C17H34ClNO/c1-4-7-8-9-10-11-12-13-16(20)19-15-17(5-2,6-3)14-18/h4-15H2,1-3H3,(H,19,20). The zero-order valence-electron chi connectivity index (χ0n) is 13.8. The number of alkyl halides is 1. The highest BCUT2D eigenvalue weighted by Gasteiger charge is 2.25. The van der Waals surface area contributed by atoms with Gasteiger partial charge in [0, 0.05) is 24.3 Å². The summed E-state index contributed by atoms with van der Waals surface area (Å²) in [4.78, 5) is 11.8. The molecule has 1 N–H and O–H groups in total. The fourth-order valence-corrected chi connectivity index (χ4v) is 2.83. The molecule has 120 valence electrons. The van der Waals surface area contributed by atoms with Crippen molar-refractivity contribution in [2.45, 2.75) is 85.0 Å². The summed E-state index contributed by atoms with van der Waals surface area (Å²) in [5.74, 6) is 0.812. The van der Waals surface area contributed by atoms with Crippen molar-refractivity contribution in [1.82, 2.24) is 5.32 Å². The predicted molar refractivity (Wildman–Crippen MR) is 89.4 cm³/mol. The zero-order chi connectivity index (χ0) is 15.3. The first kappa shape index (κ1) is 19.8. The lowest BCUT2D eigenvalue weighted by molar-refractivity contribution is -0.121. The number of carbonyl (C=O) groups is 1. The molecule has 0 aliphatic rings. The van der Waals surface area contributed by atoms with Gasteiger partial charge in [0.1, 0.15) is 0 Å². The Morgan fingerprint density at radius 2 is 1.50 bits per heavy atom. The van der Waals surface area contributed by atoms with Gasteiger partial charge in [-0.3, -0.25) is 4.79 Å². The van der Waals surface area contributed by atoms with Gasteiger partial charge < -0.3 is 5.32 Å². The van der Waals surface area contributed by atoms with Gasteiger partial charge in [-0.05, 0) is 19.3 Å². The first-order valence-electron chi connectivity index (χ1n) is 8.46. The number of halogens is 1. The van der Waals surface area contributed by atoms with Crippen molar-refractivity contribution in [2.24, 2.45) is 5.41 Å². The fourth-order valence-electron chi connectivity index (χ4n) is 2.35. The number of hydrogen-bond acceptors (Lipinski definition) is 1. The molecule has 2 nitrogen and oxygen atoms in total. The van der Waals surface area contributed by atoms with Crippen LogP contribution in [0.1, 0.15) is 85.0 Å². The Labute approximate surface area is 131 Å². The first-order valence-corrected chi connectivity index (χ1v) is 9.00. The lowest BCUT2D eigenvalue weighted by Gasteiger charge is -2.29. The van der Waals surface area contributed by atoms with Gasteiger partial charge in [0.25, 0.3) is 0 Å². The van der Waals surface area contributed by atoms with Crippen molar-refractivity contribution >= 4 is 17.5 Å². The van der Waals surface area contributed by atoms with Gasteiger partial charge in [-0.2, -0.15) is 0 Å². The highest BCUT2D eigenvalue weighted by Crippen LogP contribution is 2.26. The topological polar surface area (TPSA) is 29.1 Å². The summed E-state index contributed by atoms with van der Waals surface area (Å²) in [5.41, 5.74) is 0.0807. The number of unbranched alkanes of at least 4 members (excludes halogenated alkanes) is 6. The van der Waals surface area contributed by atoms with E-state index in [2.05, 4.69) is 26.1 Å². The third kappa shape index (κ3) is 8.84. The molecular weight excluding hydrogens is 270 g/mol. The Hall–Kier alpha value is -0.240. The maximum Gasteiger partial charge on any atom is 0.220 e. The molecule has 0 bridgehead atoms. The number of carbonyl (C=O) groups excluding carboxylic acids is 1. The number of hydrogen-bond donors (Lipinski definition) is 1. The molecule has 0 aromatic heterocycles. The molecular formula is C17H34ClNO. The minimum atomic E-state index is 0.0807. The monoisotopic (exact) mass is 303 g/mol. The summed E-state index contributed by atoms with van der Waals surface area (Å²) in [7, 11) is 0. The molecule has 1 amide bonds. The van der Waals surface area contributed by atoms with Gasteiger partial charge >= 0.3 is 0 Å². The van der Waals surface area contributed by atoms with E-state index < -0.39 is 0 Å². The molecule has 0 fully saturated rings. The molecule has 0 saturated carbocycles. The lowest BCUT2D eigenvalue weighted by Crippen LogP contribution is -2.38. The molecule has 0 aliphatic carbocycles. The molecule has 0 atom stereocenters. The molecule has 0 aromatic rings. The second-order valence-corrected chi connectivity index (χ2v) is 6.26. The highest BCUT2D eigenvalue weighted by molar-refractivity contribution is 6.18. The van der Waals surface area contributed by atoms with Crippen LogP contribution in [0.25, 0.3) is 0 Å². The molecule has 0 aliphatic heterocycles. The Morgan fingerprint density at radius 3 is 2.00 bits per heavy atom. The third-order valence-corrected chi connectivity index (χ3v) is 5.02. The second kappa shape index (κ2) is 12.5. The van der Waals surface area contributed by atoms with Crippen LogP contribution < -0.4 is 5.32 Å². The Bertz CT molecular complexity index is 231. The average Bonchev–Trinajstić information content (AvgIpc) is 2.48. The van der Waals surface area contributed by atoms with Gasteiger partial charge in [-0.15, -0.1) is 11.6 Å². The SMILES string of the molecule is CCCCCCCCCC(=O)NCC(CC)(CC)CCl. The highest BCUT2D eigenvalue weighted by atomic mass is 35.5. The van der Waals surface area contributed by atoms with Crippen molar-refractivity contribution < 1.29 is 4.79 Å². The zero-order valence-corrected chi connectivity index (χ0v) is 14.5. The van der Waals surface area contributed by atoms with Crippen molar-refractivity contribution in [3.63, 3.8) is 0 Å². The molecule has 0 radical (unpaired) electrons. The molecule has 0 heterocycles. The Morgan fingerprint density at radius 1 is 0.950 bits per heavy atom. The minimum absolute atomic E-state index is 0.0807. The van der Waals surface area contributed by atoms with Gasteiger partial charge in [0.2, 0.25) is 5.91 Å². The van der Waals surface area contributed by atoms with Crippen LogP contribution in [0.3, 0.4) is 0 Å². The van der Waals surface area contributed by atoms with Crippen LogP contribution in [0, 0.1) is 5.41 Å². The largest absolute Gasteiger partial charge is 0.356 e. The normalized spacial score (nSPS) is 11.6. The average molecular weight is 304 g/mol. The lowest BCUT2D eigenvalue weighted by atomic mass is 9.84. The van der Waals surface area contributed by atoms with E-state index >= 15 is 0 Å². The van der Waals surface area contributed by atoms with Crippen LogP contribution in [0.2, 0.25) is 0 Å². The van der Waals surface area contributed by atoms with Crippen molar-refractivity contribution in [3.8, 4) is 0 Å². The van der Waals surface area contributed by atoms with E-state index in [9.17, 15) is 4.79 Å². The second-order valence-electron chi connectivity index (χ2n) is 5.99. The van der Waals surface area contributed by atoms with E-state index in [1.54, 1.807) is 0 Å². The summed E-state index contributed by atoms with van der Waals surface area (Å²) in [6.07, 6.45) is 11.5. The van der Waals surface area contributed by atoms with Crippen molar-refractivity contribution in [1.29, 1.82) is 0 Å². The van der Waals surface area contributed by atoms with Crippen LogP contribution in [0.4, 0.5) is 0 Å². The number of nitrogens with one attached hydrogen (secondary N) is 1. The van der Waals surface area contributed by atoms with E-state index in [0.717, 1.165) is 25.8 Å². The van der Waals surface area contributed by atoms with E-state index in [1.165, 1.54) is 38.5 Å². The van der Waals surface area contributed by atoms with Crippen LogP contribution in [-0.4, -0.2) is 18.3 Å². The van der Waals surface area contributed by atoms with Crippen molar-refractivity contribution in [2.75, 3.05) is 12.4 Å². The van der Waals surface area contributed by atoms with E-state index in [-0.39, 0.29) is 11.3 Å². The Balaban J connectivity index is 3.63. The minimum Gasteiger partial charge on any atom is -0.356 e. The van der Waals surface area contributed by atoms with Crippen LogP contribution >= 0.6 is 11.6 Å². The predicted octanol–water partition coefficient (Wildman–Crippen LogP) is 5.29. The first-order chi connectivity index (χ1) is 9.64. The van der Waals surface area contributed by atoms with Crippen LogP contribution in [-0.2, 0) is 4.79 Å². The van der Waals surface area contributed by atoms with Gasteiger partial charge in [0.15, 0.2) is 0 Å². The molecule has 0 rings (SSSR count). The molecule has 3 heteroatoms.